The van der Waals surface area contributed by atoms with Gasteiger partial charge in [-0.3, -0.25) is 9.59 Å². The van der Waals surface area contributed by atoms with Crippen molar-refractivity contribution in [2.24, 2.45) is 0 Å². The number of nitrogens with one attached hydrogen (secondary N) is 4. The number of fused-ring (bicyclic) bond motifs is 3. The molecule has 3 heterocycles. The van der Waals surface area contributed by atoms with Gasteiger partial charge in [-0.25, -0.2) is 13.1 Å². The molecule has 1 fully saturated rings. The number of sulfonamides is 1. The van der Waals surface area contributed by atoms with Crippen molar-refractivity contribution < 1.29 is 18.3 Å². The molecule has 1 aromatic carbocycles. The van der Waals surface area contributed by atoms with Crippen LogP contribution < -0.4 is 15.6 Å². The Labute approximate surface area is 160 Å². The lowest BCUT2D eigenvalue weighted by Gasteiger charge is -2.23. The number of pyridine rings is 1. The summed E-state index contributed by atoms with van der Waals surface area (Å²) in [6.45, 7) is 1.45. The fourth-order valence-corrected chi connectivity index (χ4v) is 4.98. The number of aliphatic carboxylic acids is 1. The largest absolute Gasteiger partial charge is 0.481 e. The fraction of sp³-hybridized carbons (Fsp3) is 0.333. The molecule has 148 valence electrons. The number of carboxylic acids is 1. The van der Waals surface area contributed by atoms with Crippen LogP contribution in [0.3, 0.4) is 0 Å². The number of carbonyl (C=O) groups is 1. The van der Waals surface area contributed by atoms with Crippen LogP contribution in [0.2, 0.25) is 0 Å². The maximum atomic E-state index is 12.8. The van der Waals surface area contributed by atoms with Crippen LogP contribution >= 0.6 is 0 Å². The summed E-state index contributed by atoms with van der Waals surface area (Å²) in [6, 6.07) is 4.26. The highest BCUT2D eigenvalue weighted by Gasteiger charge is 2.23. The van der Waals surface area contributed by atoms with Crippen LogP contribution in [0.5, 0.6) is 0 Å². The van der Waals surface area contributed by atoms with Crippen molar-refractivity contribution in [3.05, 3.63) is 40.3 Å². The maximum absolute atomic E-state index is 12.8. The quantitative estimate of drug-likeness (QED) is 0.423. The molecule has 4 rings (SSSR count). The molecule has 0 saturated carbocycles. The first-order chi connectivity index (χ1) is 13.3. The lowest BCUT2D eigenvalue weighted by Crippen LogP contribution is -2.45. The van der Waals surface area contributed by atoms with E-state index in [1.807, 2.05) is 0 Å². The van der Waals surface area contributed by atoms with E-state index in [1.165, 1.54) is 24.4 Å². The van der Waals surface area contributed by atoms with E-state index in [2.05, 4.69) is 20.0 Å². The van der Waals surface area contributed by atoms with Crippen molar-refractivity contribution in [3.63, 3.8) is 0 Å². The minimum atomic E-state index is -3.76. The first kappa shape index (κ1) is 18.7. The minimum Gasteiger partial charge on any atom is -0.481 e. The molecule has 1 aliphatic heterocycles. The third-order valence-electron chi connectivity index (χ3n) is 4.97. The monoisotopic (exact) mass is 404 g/mol. The average Bonchev–Trinajstić information content (AvgIpc) is 3.06. The van der Waals surface area contributed by atoms with Gasteiger partial charge < -0.3 is 20.4 Å². The molecule has 2 aromatic heterocycles. The highest BCUT2D eigenvalue weighted by atomic mass is 32.2. The Hall–Kier alpha value is -2.69. The Balaban J connectivity index is 1.84. The zero-order valence-corrected chi connectivity index (χ0v) is 15.7. The summed E-state index contributed by atoms with van der Waals surface area (Å²) in [4.78, 5) is 29.0. The van der Waals surface area contributed by atoms with Crippen LogP contribution in [0.4, 0.5) is 0 Å². The summed E-state index contributed by atoms with van der Waals surface area (Å²) in [5.41, 5.74) is 0.712. The van der Waals surface area contributed by atoms with Gasteiger partial charge in [0.1, 0.15) is 5.52 Å². The standard InChI is InChI=1S/C18H20N4O5S/c23-15(24)6-10-8-20-17-16(10)13-7-12(3-4-14(13)21-18(17)25)28(26,27)22-11-2-1-5-19-9-11/h3-4,7-8,11,19-20,22H,1-2,5-6,9H2,(H,21,25)(H,23,24). The van der Waals surface area contributed by atoms with Gasteiger partial charge in [0, 0.05) is 35.1 Å². The number of aromatic amines is 2. The molecule has 9 nitrogen and oxygen atoms in total. The number of piperidine rings is 1. The predicted molar refractivity (Wildman–Crippen MR) is 104 cm³/mol. The van der Waals surface area contributed by atoms with Gasteiger partial charge in [-0.15, -0.1) is 0 Å². The summed E-state index contributed by atoms with van der Waals surface area (Å²) in [5.74, 6) is -1.04. The third kappa shape index (κ3) is 3.41. The third-order valence-corrected chi connectivity index (χ3v) is 6.49. The number of aromatic nitrogens is 2. The SMILES string of the molecule is O=C(O)Cc1c[nH]c2c(=O)[nH]c3ccc(S(=O)(=O)NC4CCCNC4)cc3c12. The molecular weight excluding hydrogens is 384 g/mol. The molecule has 1 unspecified atom stereocenters. The van der Waals surface area contributed by atoms with Gasteiger partial charge in [0.2, 0.25) is 10.0 Å². The van der Waals surface area contributed by atoms with Crippen LogP contribution in [-0.4, -0.2) is 48.6 Å². The highest BCUT2D eigenvalue weighted by molar-refractivity contribution is 7.89. The van der Waals surface area contributed by atoms with Gasteiger partial charge in [-0.05, 0) is 43.1 Å². The molecule has 0 aliphatic carbocycles. The summed E-state index contributed by atoms with van der Waals surface area (Å²) >= 11 is 0. The van der Waals surface area contributed by atoms with Crippen LogP contribution in [0.15, 0.2) is 34.1 Å². The van der Waals surface area contributed by atoms with Gasteiger partial charge in [0.15, 0.2) is 0 Å². The van der Waals surface area contributed by atoms with Crippen molar-refractivity contribution in [2.75, 3.05) is 13.1 Å². The molecule has 1 atom stereocenters. The van der Waals surface area contributed by atoms with E-state index >= 15 is 0 Å². The van der Waals surface area contributed by atoms with Gasteiger partial charge in [-0.2, -0.15) is 0 Å². The maximum Gasteiger partial charge on any atom is 0.307 e. The second kappa shape index (κ2) is 7.04. The lowest BCUT2D eigenvalue weighted by molar-refractivity contribution is -0.136. The molecular formula is C18H20N4O5S. The van der Waals surface area contributed by atoms with Gasteiger partial charge in [0.25, 0.3) is 5.56 Å². The molecule has 0 amide bonds. The molecule has 0 radical (unpaired) electrons. The number of H-pyrrole nitrogens is 2. The van der Waals surface area contributed by atoms with Crippen molar-refractivity contribution in [2.45, 2.75) is 30.2 Å². The van der Waals surface area contributed by atoms with Crippen molar-refractivity contribution >= 4 is 37.8 Å². The molecule has 28 heavy (non-hydrogen) atoms. The molecule has 5 N–H and O–H groups in total. The number of carboxylic acid groups (broad SMARTS) is 1. The van der Waals surface area contributed by atoms with E-state index in [1.54, 1.807) is 0 Å². The Bertz CT molecular complexity index is 1220. The van der Waals surface area contributed by atoms with E-state index < -0.39 is 16.0 Å². The minimum absolute atomic E-state index is 0.0707. The number of rotatable bonds is 5. The second-order valence-corrected chi connectivity index (χ2v) is 8.67. The summed E-state index contributed by atoms with van der Waals surface area (Å²) in [6.07, 6.45) is 2.86. The Morgan fingerprint density at radius 3 is 2.86 bits per heavy atom. The molecule has 0 spiro atoms. The van der Waals surface area contributed by atoms with E-state index in [0.717, 1.165) is 19.4 Å². The van der Waals surface area contributed by atoms with E-state index in [-0.39, 0.29) is 28.4 Å². The lowest BCUT2D eigenvalue weighted by atomic mass is 10.1. The zero-order chi connectivity index (χ0) is 19.9. The molecule has 0 bridgehead atoms. The topological polar surface area (TPSA) is 144 Å². The second-order valence-electron chi connectivity index (χ2n) is 6.96. The fourth-order valence-electron chi connectivity index (χ4n) is 3.68. The summed E-state index contributed by atoms with van der Waals surface area (Å²) in [5, 5.41) is 13.2. The summed E-state index contributed by atoms with van der Waals surface area (Å²) < 4.78 is 28.4. The Kier molecular flexibility index (Phi) is 4.69. The number of hydrogen-bond donors (Lipinski definition) is 5. The normalized spacial score (nSPS) is 17.9. The Morgan fingerprint density at radius 1 is 1.32 bits per heavy atom. The molecule has 3 aromatic rings. The summed E-state index contributed by atoms with van der Waals surface area (Å²) in [7, 11) is -3.76. The number of benzene rings is 1. The Morgan fingerprint density at radius 2 is 2.14 bits per heavy atom. The van der Waals surface area contributed by atoms with Gasteiger partial charge in [0.05, 0.1) is 11.3 Å². The first-order valence-electron chi connectivity index (χ1n) is 8.96. The molecule has 10 heteroatoms. The van der Waals surface area contributed by atoms with Crippen LogP contribution in [0.1, 0.15) is 18.4 Å². The van der Waals surface area contributed by atoms with Crippen molar-refractivity contribution in [3.8, 4) is 0 Å². The van der Waals surface area contributed by atoms with Crippen LogP contribution in [-0.2, 0) is 21.2 Å². The highest BCUT2D eigenvalue weighted by Crippen LogP contribution is 2.27. The van der Waals surface area contributed by atoms with E-state index in [4.69, 9.17) is 5.11 Å². The molecule has 1 saturated heterocycles. The predicted octanol–water partition coefficient (Wildman–Crippen LogP) is 0.667. The van der Waals surface area contributed by atoms with E-state index in [9.17, 15) is 18.0 Å². The van der Waals surface area contributed by atoms with Gasteiger partial charge in [-0.1, -0.05) is 0 Å². The van der Waals surface area contributed by atoms with Crippen molar-refractivity contribution in [1.82, 2.24) is 20.0 Å². The average molecular weight is 404 g/mol. The molecule has 1 aliphatic rings. The first-order valence-corrected chi connectivity index (χ1v) is 10.4. The zero-order valence-electron chi connectivity index (χ0n) is 14.9. The smallest absolute Gasteiger partial charge is 0.307 e. The van der Waals surface area contributed by atoms with Crippen LogP contribution in [0.25, 0.3) is 21.8 Å². The van der Waals surface area contributed by atoms with E-state index in [0.29, 0.717) is 28.4 Å². The van der Waals surface area contributed by atoms with Crippen LogP contribution in [0, 0.1) is 0 Å². The number of hydrogen-bond acceptors (Lipinski definition) is 5. The van der Waals surface area contributed by atoms with Gasteiger partial charge >= 0.3 is 5.97 Å². The van der Waals surface area contributed by atoms with Crippen molar-refractivity contribution in [1.29, 1.82) is 0 Å².